The molecule has 2 aliphatic rings. The van der Waals surface area contributed by atoms with Crippen LogP contribution in [0.5, 0.6) is 11.6 Å². The fourth-order valence-corrected chi connectivity index (χ4v) is 7.13. The second-order valence-corrected chi connectivity index (χ2v) is 13.7. The number of carbonyl (C=O) groups is 2. The van der Waals surface area contributed by atoms with Crippen molar-refractivity contribution in [3.8, 4) is 22.8 Å². The minimum absolute atomic E-state index is 0.0000155. The standard InChI is InChI=1S/C39H41F2N7O3/c1-24-19-47(20-25(2)43-24)21-26-6-8-27(9-7-26)28-4-3-5-33(16-28)51-39-34(17-30(41)18-42-39)37(49)44-31-11-13-32(14-12-31)45-38(50)35-23-48-22-29(40)10-15-36(48)46-35/h3-10,15-18,22-25,31-32,43H,11-14,19-21H2,1-2H3,(H,44,49)(H,45,50)/t24-,25+,31-,32+. The zero-order valence-corrected chi connectivity index (χ0v) is 28.6. The maximum Gasteiger partial charge on any atom is 0.271 e. The van der Waals surface area contributed by atoms with Crippen LogP contribution in [0.4, 0.5) is 8.78 Å². The molecule has 2 atom stereocenters. The Morgan fingerprint density at radius 2 is 1.55 bits per heavy atom. The Morgan fingerprint density at radius 1 is 0.843 bits per heavy atom. The van der Waals surface area contributed by atoms with Gasteiger partial charge in [0.05, 0.1) is 6.20 Å². The van der Waals surface area contributed by atoms with E-state index in [1.54, 1.807) is 6.07 Å². The fourth-order valence-electron chi connectivity index (χ4n) is 7.13. The first-order valence-electron chi connectivity index (χ1n) is 17.4. The third kappa shape index (κ3) is 8.41. The average Bonchev–Trinajstić information content (AvgIpc) is 3.53. The first-order chi connectivity index (χ1) is 24.6. The van der Waals surface area contributed by atoms with Crippen LogP contribution in [-0.2, 0) is 6.54 Å². The highest BCUT2D eigenvalue weighted by Gasteiger charge is 2.27. The highest BCUT2D eigenvalue weighted by Crippen LogP contribution is 2.30. The molecule has 7 rings (SSSR count). The average molecular weight is 694 g/mol. The number of carbonyl (C=O) groups excluding carboxylic acids is 2. The van der Waals surface area contributed by atoms with Crippen molar-refractivity contribution < 1.29 is 23.1 Å². The molecule has 0 unspecified atom stereocenters. The summed E-state index contributed by atoms with van der Waals surface area (Å²) in [6, 6.07) is 20.6. The largest absolute Gasteiger partial charge is 0.438 e. The van der Waals surface area contributed by atoms with Gasteiger partial charge in [-0.05, 0) is 86.6 Å². The van der Waals surface area contributed by atoms with Gasteiger partial charge in [-0.25, -0.2) is 18.7 Å². The van der Waals surface area contributed by atoms with Gasteiger partial charge in [0.1, 0.15) is 34.3 Å². The summed E-state index contributed by atoms with van der Waals surface area (Å²) in [6.45, 7) is 7.35. The molecule has 1 saturated heterocycles. The number of nitrogens with zero attached hydrogens (tertiary/aromatic N) is 4. The van der Waals surface area contributed by atoms with Crippen LogP contribution in [0.25, 0.3) is 16.8 Å². The minimum Gasteiger partial charge on any atom is -0.438 e. The Balaban J connectivity index is 0.949. The molecule has 1 aliphatic heterocycles. The summed E-state index contributed by atoms with van der Waals surface area (Å²) >= 11 is 0. The number of fused-ring (bicyclic) bond motifs is 1. The lowest BCUT2D eigenvalue weighted by molar-refractivity contribution is 0.0888. The quantitative estimate of drug-likeness (QED) is 0.171. The van der Waals surface area contributed by atoms with Crippen LogP contribution in [0, 0.1) is 11.6 Å². The smallest absolute Gasteiger partial charge is 0.271 e. The van der Waals surface area contributed by atoms with Gasteiger partial charge in [0.25, 0.3) is 11.8 Å². The topological polar surface area (TPSA) is 113 Å². The number of hydrogen-bond acceptors (Lipinski definition) is 7. The number of amides is 2. The first kappa shape index (κ1) is 34.3. The van der Waals surface area contributed by atoms with Crippen LogP contribution < -0.4 is 20.7 Å². The summed E-state index contributed by atoms with van der Waals surface area (Å²) in [5.41, 5.74) is 3.90. The van der Waals surface area contributed by atoms with Crippen molar-refractivity contribution in [3.05, 3.63) is 114 Å². The molecule has 0 bridgehead atoms. The monoisotopic (exact) mass is 693 g/mol. The lowest BCUT2D eigenvalue weighted by atomic mass is 9.91. The van der Waals surface area contributed by atoms with Crippen molar-refractivity contribution >= 4 is 17.5 Å². The number of rotatable bonds is 9. The maximum atomic E-state index is 14.4. The molecule has 1 aliphatic carbocycles. The number of halogens is 2. The molecule has 2 aromatic carbocycles. The van der Waals surface area contributed by atoms with Crippen LogP contribution in [0.15, 0.2) is 85.3 Å². The minimum atomic E-state index is -0.646. The molecule has 12 heteroatoms. The molecule has 3 N–H and O–H groups in total. The molecular formula is C39H41F2N7O3. The molecule has 0 spiro atoms. The van der Waals surface area contributed by atoms with Crippen molar-refractivity contribution in [1.82, 2.24) is 35.2 Å². The molecule has 0 radical (unpaired) electrons. The highest BCUT2D eigenvalue weighted by molar-refractivity contribution is 5.96. The molecular weight excluding hydrogens is 652 g/mol. The number of aromatic nitrogens is 3. The maximum absolute atomic E-state index is 14.4. The van der Waals surface area contributed by atoms with E-state index < -0.39 is 17.5 Å². The van der Waals surface area contributed by atoms with Crippen molar-refractivity contribution in [3.63, 3.8) is 0 Å². The van der Waals surface area contributed by atoms with Crippen LogP contribution in [0.1, 0.15) is 65.9 Å². The van der Waals surface area contributed by atoms with Crippen LogP contribution in [0.3, 0.4) is 0 Å². The number of ether oxygens (including phenoxy) is 1. The number of hydrogen-bond donors (Lipinski definition) is 3. The van der Waals surface area contributed by atoms with Gasteiger partial charge in [-0.1, -0.05) is 36.4 Å². The number of pyridine rings is 2. The molecule has 5 aromatic rings. The Hall–Kier alpha value is -5.20. The third-order valence-corrected chi connectivity index (χ3v) is 9.48. The zero-order chi connectivity index (χ0) is 35.5. The van der Waals surface area contributed by atoms with Gasteiger partial charge >= 0.3 is 0 Å². The summed E-state index contributed by atoms with van der Waals surface area (Å²) in [6.07, 6.45) is 6.28. The van der Waals surface area contributed by atoms with Crippen LogP contribution in [-0.4, -0.2) is 68.3 Å². The number of benzene rings is 2. The molecule has 3 aromatic heterocycles. The Morgan fingerprint density at radius 3 is 2.27 bits per heavy atom. The number of piperazine rings is 1. The van der Waals surface area contributed by atoms with E-state index in [1.165, 1.54) is 34.5 Å². The molecule has 264 valence electrons. The normalized spacial score (nSPS) is 20.9. The van der Waals surface area contributed by atoms with Crippen molar-refractivity contribution in [2.75, 3.05) is 13.1 Å². The fraction of sp³-hybridized carbons (Fsp3) is 0.333. The van der Waals surface area contributed by atoms with E-state index in [-0.39, 0.29) is 35.1 Å². The molecule has 10 nitrogen and oxygen atoms in total. The van der Waals surface area contributed by atoms with Crippen LogP contribution >= 0.6 is 0 Å². The lowest BCUT2D eigenvalue weighted by Gasteiger charge is -2.36. The van der Waals surface area contributed by atoms with E-state index in [4.69, 9.17) is 4.74 Å². The second-order valence-electron chi connectivity index (χ2n) is 13.7. The van der Waals surface area contributed by atoms with Gasteiger partial charge in [-0.2, -0.15) is 0 Å². The van der Waals surface area contributed by atoms with Crippen molar-refractivity contribution in [2.45, 2.75) is 70.2 Å². The highest BCUT2D eigenvalue weighted by atomic mass is 19.1. The van der Waals surface area contributed by atoms with Crippen LogP contribution in [0.2, 0.25) is 0 Å². The van der Waals surface area contributed by atoms with Crippen molar-refractivity contribution in [2.24, 2.45) is 0 Å². The molecule has 2 amide bonds. The Labute approximate surface area is 295 Å². The Kier molecular flexibility index (Phi) is 10.0. The summed E-state index contributed by atoms with van der Waals surface area (Å²) in [4.78, 5) is 37.1. The van der Waals surface area contributed by atoms with E-state index >= 15 is 0 Å². The van der Waals surface area contributed by atoms with Gasteiger partial charge in [-0.15, -0.1) is 0 Å². The lowest BCUT2D eigenvalue weighted by Crippen LogP contribution is -2.53. The molecule has 2 fully saturated rings. The van der Waals surface area contributed by atoms with Gasteiger partial charge in [-0.3, -0.25) is 14.5 Å². The summed E-state index contributed by atoms with van der Waals surface area (Å²) in [7, 11) is 0. The van der Waals surface area contributed by atoms with Gasteiger partial charge in [0, 0.05) is 56.2 Å². The Bertz CT molecular complexity index is 2020. The third-order valence-electron chi connectivity index (χ3n) is 9.48. The number of imidazole rings is 1. The predicted molar refractivity (Wildman–Crippen MR) is 190 cm³/mol. The summed E-state index contributed by atoms with van der Waals surface area (Å²) in [5.74, 6) is -1.41. The SMILES string of the molecule is C[C@@H]1CN(Cc2ccc(-c3cccc(Oc4ncc(F)cc4C(=O)N[C@H]4CC[C@@H](NC(=O)c5cn6cc(F)ccc6n5)CC4)c3)cc2)C[C@H](C)N1. The molecule has 1 saturated carbocycles. The van der Waals surface area contributed by atoms with Crippen molar-refractivity contribution in [1.29, 1.82) is 0 Å². The van der Waals surface area contributed by atoms with E-state index in [1.807, 2.05) is 18.2 Å². The predicted octanol–water partition coefficient (Wildman–Crippen LogP) is 6.12. The molecule has 4 heterocycles. The van der Waals surface area contributed by atoms with E-state index in [9.17, 15) is 18.4 Å². The van der Waals surface area contributed by atoms with E-state index in [0.29, 0.717) is 49.2 Å². The summed E-state index contributed by atoms with van der Waals surface area (Å²) in [5, 5.41) is 9.56. The van der Waals surface area contributed by atoms with Gasteiger partial charge in [0.2, 0.25) is 5.88 Å². The van der Waals surface area contributed by atoms with Gasteiger partial charge in [0.15, 0.2) is 0 Å². The van der Waals surface area contributed by atoms with Gasteiger partial charge < -0.3 is 25.1 Å². The second kappa shape index (κ2) is 15.0. The number of nitrogens with one attached hydrogen (secondary N) is 3. The van der Waals surface area contributed by atoms with E-state index in [2.05, 4.69) is 68.9 Å². The zero-order valence-electron chi connectivity index (χ0n) is 28.6. The summed E-state index contributed by atoms with van der Waals surface area (Å²) < 4.78 is 35.5. The van der Waals surface area contributed by atoms with E-state index in [0.717, 1.165) is 43.0 Å². The first-order valence-corrected chi connectivity index (χ1v) is 17.4. The molecule has 51 heavy (non-hydrogen) atoms.